The lowest BCUT2D eigenvalue weighted by molar-refractivity contribution is -0.404. The fourth-order valence-corrected chi connectivity index (χ4v) is 15.9. The Morgan fingerprint density at radius 1 is 0.521 bits per heavy atom. The van der Waals surface area contributed by atoms with E-state index in [1.165, 1.54) is 0 Å². The highest BCUT2D eigenvalue weighted by molar-refractivity contribution is 5.16. The molecule has 13 N–H and O–H groups in total. The molecule has 23 heteroatoms. The number of hydrogen-bond donors (Lipinski definition) is 13. The van der Waals surface area contributed by atoms with E-state index in [1.807, 2.05) is 0 Å². The summed E-state index contributed by atoms with van der Waals surface area (Å²) in [6.45, 7) is 7.02. The van der Waals surface area contributed by atoms with E-state index in [0.717, 1.165) is 51.6 Å². The number of aliphatic hydroxyl groups excluding tert-OH is 13. The number of fused-ring (bicyclic) bond motifs is 7. The summed E-state index contributed by atoms with van der Waals surface area (Å²) < 4.78 is 61.1. The number of rotatable bonds is 11. The quantitative estimate of drug-likeness (QED) is 0.0902. The average molecular weight is 1050 g/mol. The zero-order chi connectivity index (χ0) is 52.2. The molecule has 6 heterocycles. The van der Waals surface area contributed by atoms with Crippen LogP contribution in [0.25, 0.3) is 0 Å². The molecule has 0 aromatic carbocycles. The molecule has 6 saturated heterocycles. The van der Waals surface area contributed by atoms with E-state index in [0.29, 0.717) is 48.3 Å². The molecule has 10 rings (SSSR count). The second-order valence-corrected chi connectivity index (χ2v) is 24.0. The van der Waals surface area contributed by atoms with Gasteiger partial charge in [-0.25, -0.2) is 0 Å². The van der Waals surface area contributed by atoms with Crippen molar-refractivity contribution >= 4 is 0 Å². The van der Waals surface area contributed by atoms with Crippen LogP contribution in [0.5, 0.6) is 0 Å². The fraction of sp³-hybridized carbons (Fsp3) is 1.00. The molecule has 23 unspecified atom stereocenters. The van der Waals surface area contributed by atoms with Crippen molar-refractivity contribution in [1.82, 2.24) is 0 Å². The topological polar surface area (TPSA) is 355 Å². The van der Waals surface area contributed by atoms with Gasteiger partial charge in [0.2, 0.25) is 0 Å². The molecule has 32 atom stereocenters. The van der Waals surface area contributed by atoms with Gasteiger partial charge in [0, 0.05) is 12.3 Å². The van der Waals surface area contributed by atoms with E-state index in [2.05, 4.69) is 27.7 Å². The van der Waals surface area contributed by atoms with E-state index in [9.17, 15) is 66.4 Å². The molecule has 10 aliphatic rings. The number of aliphatic hydroxyl groups is 13. The van der Waals surface area contributed by atoms with Crippen LogP contribution in [0.15, 0.2) is 0 Å². The second kappa shape index (κ2) is 21.3. The minimum atomic E-state index is -2.02. The molecule has 0 aromatic heterocycles. The molecule has 420 valence electrons. The normalized spacial score (nSPS) is 58.2. The third-order valence-electron chi connectivity index (χ3n) is 20.0. The lowest BCUT2D eigenvalue weighted by Crippen LogP contribution is -2.68. The molecule has 1 spiro atoms. The standard InChI is InChI=1S/C50H82O23/c1-19-7-10-50(65-17-19)20(2)32-28(73-50)12-24-22-6-5-21-11-27(25(54)13-49(21,4)23(22)8-9-48(24,32)3)66-45-40(63)37(60)41(31(16-53)69-45)70-47-43(72-46-39(62)36(59)34(57)29(14-51)67-46)42(35(58)30(15-52)68-47)71-44-38(61)33(56)26(55)18-64-44/h19-47,51-63H,5-18H2,1-4H3/t19?,20-,21?,22+,23-,24-,25?,26?,27?,28-,29?,30?,31?,32-,33?,34?,35?,36?,37?,38?,39?,40?,41?,42?,43?,44?,45?,46?,47?,48-,49-,50+/m0/s1. The van der Waals surface area contributed by atoms with Gasteiger partial charge in [-0.15, -0.1) is 0 Å². The van der Waals surface area contributed by atoms with E-state index < -0.39 is 161 Å². The SMILES string of the molecule is CC1CC[C@@]2(OC1)O[C@H]1C[C@H]3[C@@H]4CCC5CC(OC6OC(CO)C(OC7OC(CO)C(O)C(OC8OCC(O)C(O)C8O)C7OC7OC(CO)C(O)C(O)C7O)C(O)C6O)C(O)C[C@]5(C)[C@H]4CC[C@]3(C)[C@H]1[C@@H]2C. The monoisotopic (exact) mass is 1050 g/mol. The van der Waals surface area contributed by atoms with Crippen LogP contribution < -0.4 is 0 Å². The molecule has 6 aliphatic heterocycles. The van der Waals surface area contributed by atoms with Crippen LogP contribution in [-0.2, 0) is 47.4 Å². The van der Waals surface area contributed by atoms with Crippen molar-refractivity contribution in [3.8, 4) is 0 Å². The zero-order valence-corrected chi connectivity index (χ0v) is 42.0. The summed E-state index contributed by atoms with van der Waals surface area (Å²) in [6, 6.07) is 0. The predicted molar refractivity (Wildman–Crippen MR) is 244 cm³/mol. The Morgan fingerprint density at radius 2 is 1.15 bits per heavy atom. The number of ether oxygens (including phenoxy) is 10. The smallest absolute Gasteiger partial charge is 0.187 e. The third kappa shape index (κ3) is 9.49. The van der Waals surface area contributed by atoms with Crippen molar-refractivity contribution in [1.29, 1.82) is 0 Å². The van der Waals surface area contributed by atoms with Crippen molar-refractivity contribution in [3.63, 3.8) is 0 Å². The van der Waals surface area contributed by atoms with Crippen molar-refractivity contribution in [2.45, 2.75) is 226 Å². The lowest BCUT2D eigenvalue weighted by Gasteiger charge is -2.62. The Labute approximate surface area is 424 Å². The van der Waals surface area contributed by atoms with E-state index in [4.69, 9.17) is 47.4 Å². The van der Waals surface area contributed by atoms with Gasteiger partial charge < -0.3 is 114 Å². The van der Waals surface area contributed by atoms with Crippen LogP contribution in [0.1, 0.15) is 85.5 Å². The summed E-state index contributed by atoms with van der Waals surface area (Å²) in [4.78, 5) is 0. The maximum absolute atomic E-state index is 12.0. The first-order chi connectivity index (χ1) is 34.7. The molecular weight excluding hydrogens is 969 g/mol. The average Bonchev–Trinajstić information content (AvgIpc) is 3.82. The summed E-state index contributed by atoms with van der Waals surface area (Å²) in [6.07, 6.45) is -27.2. The summed E-state index contributed by atoms with van der Waals surface area (Å²) in [7, 11) is 0. The van der Waals surface area contributed by atoms with Crippen molar-refractivity contribution < 1.29 is 114 Å². The van der Waals surface area contributed by atoms with E-state index >= 15 is 0 Å². The Morgan fingerprint density at radius 3 is 1.85 bits per heavy atom. The molecule has 0 aromatic rings. The zero-order valence-electron chi connectivity index (χ0n) is 42.0. The van der Waals surface area contributed by atoms with E-state index in [-0.39, 0.29) is 22.9 Å². The Balaban J connectivity index is 0.824. The molecule has 73 heavy (non-hydrogen) atoms. The van der Waals surface area contributed by atoms with E-state index in [1.54, 1.807) is 0 Å². The second-order valence-electron chi connectivity index (χ2n) is 24.0. The summed E-state index contributed by atoms with van der Waals surface area (Å²) >= 11 is 0. The minimum Gasteiger partial charge on any atom is -0.394 e. The molecule has 0 radical (unpaired) electrons. The first-order valence-corrected chi connectivity index (χ1v) is 26.8. The molecule has 0 amide bonds. The van der Waals surface area contributed by atoms with Crippen LogP contribution in [0.4, 0.5) is 0 Å². The minimum absolute atomic E-state index is 0.130. The Hall–Kier alpha value is -0.920. The van der Waals surface area contributed by atoms with Gasteiger partial charge in [0.1, 0.15) is 91.6 Å². The molecule has 0 bridgehead atoms. The Kier molecular flexibility index (Phi) is 16.1. The third-order valence-corrected chi connectivity index (χ3v) is 20.0. The van der Waals surface area contributed by atoms with Crippen LogP contribution in [-0.4, -0.2) is 240 Å². The van der Waals surface area contributed by atoms with Gasteiger partial charge in [-0.2, -0.15) is 0 Å². The van der Waals surface area contributed by atoms with Crippen LogP contribution >= 0.6 is 0 Å². The van der Waals surface area contributed by atoms with Crippen molar-refractivity contribution in [3.05, 3.63) is 0 Å². The largest absolute Gasteiger partial charge is 0.394 e. The highest BCUT2D eigenvalue weighted by Crippen LogP contribution is 2.71. The maximum atomic E-state index is 12.0. The lowest BCUT2D eigenvalue weighted by atomic mass is 9.44. The molecule has 4 aliphatic carbocycles. The highest BCUT2D eigenvalue weighted by Gasteiger charge is 2.70. The van der Waals surface area contributed by atoms with Gasteiger partial charge in [0.05, 0.1) is 51.3 Å². The molecular formula is C50H82O23. The Bertz CT molecular complexity index is 1860. The molecule has 23 nitrogen and oxygen atoms in total. The summed E-state index contributed by atoms with van der Waals surface area (Å²) in [5.74, 6) is 2.34. The predicted octanol–water partition coefficient (Wildman–Crippen LogP) is -3.30. The molecule has 10 fully saturated rings. The van der Waals surface area contributed by atoms with Crippen LogP contribution in [0, 0.1) is 52.3 Å². The van der Waals surface area contributed by atoms with Gasteiger partial charge in [0.15, 0.2) is 30.9 Å². The van der Waals surface area contributed by atoms with Crippen molar-refractivity contribution in [2.24, 2.45) is 52.3 Å². The van der Waals surface area contributed by atoms with Gasteiger partial charge in [-0.1, -0.05) is 27.7 Å². The summed E-state index contributed by atoms with van der Waals surface area (Å²) in [5, 5.41) is 141. The number of hydrogen-bond acceptors (Lipinski definition) is 23. The summed E-state index contributed by atoms with van der Waals surface area (Å²) in [5.41, 5.74) is -0.0565. The van der Waals surface area contributed by atoms with Gasteiger partial charge >= 0.3 is 0 Å². The highest BCUT2D eigenvalue weighted by atomic mass is 16.8. The van der Waals surface area contributed by atoms with Crippen molar-refractivity contribution in [2.75, 3.05) is 33.0 Å². The van der Waals surface area contributed by atoms with Crippen LogP contribution in [0.3, 0.4) is 0 Å². The van der Waals surface area contributed by atoms with Gasteiger partial charge in [-0.05, 0) is 97.7 Å². The van der Waals surface area contributed by atoms with Gasteiger partial charge in [-0.3, -0.25) is 0 Å². The maximum Gasteiger partial charge on any atom is 0.187 e. The van der Waals surface area contributed by atoms with Crippen LogP contribution in [0.2, 0.25) is 0 Å². The first-order valence-electron chi connectivity index (χ1n) is 26.8. The first kappa shape index (κ1) is 55.4. The fourth-order valence-electron chi connectivity index (χ4n) is 15.9. The van der Waals surface area contributed by atoms with Gasteiger partial charge in [0.25, 0.3) is 0 Å². The molecule has 4 saturated carbocycles.